The van der Waals surface area contributed by atoms with Crippen molar-refractivity contribution in [3.8, 4) is 0 Å². The summed E-state index contributed by atoms with van der Waals surface area (Å²) in [6.07, 6.45) is 5.43. The molecule has 0 fully saturated rings. The topological polar surface area (TPSA) is 43.8 Å². The highest BCUT2D eigenvalue weighted by molar-refractivity contribution is 6.30. The lowest BCUT2D eigenvalue weighted by atomic mass is 10.1. The zero-order valence-corrected chi connectivity index (χ0v) is 11.6. The highest BCUT2D eigenvalue weighted by Crippen LogP contribution is 2.17. The van der Waals surface area contributed by atoms with Crippen LogP contribution in [0.25, 0.3) is 0 Å². The lowest BCUT2D eigenvalue weighted by Gasteiger charge is -2.05. The largest absolute Gasteiger partial charge is 0.333 e. The van der Waals surface area contributed by atoms with Gasteiger partial charge in [0, 0.05) is 25.2 Å². The van der Waals surface area contributed by atoms with Crippen molar-refractivity contribution >= 4 is 11.6 Å². The molecule has 2 N–H and O–H groups in total. The van der Waals surface area contributed by atoms with Gasteiger partial charge in [-0.25, -0.2) is 9.37 Å². The van der Waals surface area contributed by atoms with E-state index in [2.05, 4.69) is 11.9 Å². The summed E-state index contributed by atoms with van der Waals surface area (Å²) in [5, 5.41) is 0.144. The molecule has 3 nitrogen and oxygen atoms in total. The van der Waals surface area contributed by atoms with Gasteiger partial charge in [0.2, 0.25) is 0 Å². The van der Waals surface area contributed by atoms with E-state index in [1.165, 1.54) is 6.07 Å². The molecule has 19 heavy (non-hydrogen) atoms. The Morgan fingerprint density at radius 3 is 2.95 bits per heavy atom. The molecule has 0 amide bonds. The lowest BCUT2D eigenvalue weighted by molar-refractivity contribution is 0.626. The number of aromatic nitrogens is 2. The van der Waals surface area contributed by atoms with Gasteiger partial charge in [-0.1, -0.05) is 24.6 Å². The molecule has 0 spiro atoms. The Labute approximate surface area is 117 Å². The van der Waals surface area contributed by atoms with Crippen LogP contribution in [0, 0.1) is 5.82 Å². The van der Waals surface area contributed by atoms with Gasteiger partial charge in [0.1, 0.15) is 5.82 Å². The minimum absolute atomic E-state index is 0.142. The molecule has 1 atom stereocenters. The van der Waals surface area contributed by atoms with Gasteiger partial charge in [-0.3, -0.25) is 0 Å². The number of hydrogen-bond donors (Lipinski definition) is 1. The third-order valence-corrected chi connectivity index (χ3v) is 3.32. The van der Waals surface area contributed by atoms with Gasteiger partial charge in [0.25, 0.3) is 0 Å². The van der Waals surface area contributed by atoms with Crippen LogP contribution in [0.15, 0.2) is 30.7 Å². The van der Waals surface area contributed by atoms with Gasteiger partial charge >= 0.3 is 0 Å². The Kier molecular flexibility index (Phi) is 4.56. The Hall–Kier alpha value is -1.39. The molecule has 1 unspecified atom stereocenters. The van der Waals surface area contributed by atoms with Crippen LogP contribution in [-0.4, -0.2) is 15.6 Å². The second kappa shape index (κ2) is 6.17. The van der Waals surface area contributed by atoms with E-state index < -0.39 is 5.82 Å². The molecule has 0 aliphatic heterocycles. The maximum atomic E-state index is 13.1. The number of nitrogens with two attached hydrogens (primary N) is 1. The summed E-state index contributed by atoms with van der Waals surface area (Å²) in [7, 11) is 0. The first-order valence-electron chi connectivity index (χ1n) is 6.28. The molecule has 1 aromatic heterocycles. The summed E-state index contributed by atoms with van der Waals surface area (Å²) in [5.41, 5.74) is 7.81. The first-order valence-corrected chi connectivity index (χ1v) is 6.66. The number of nitrogens with zero attached hydrogens (tertiary/aromatic N) is 2. The maximum Gasteiger partial charge on any atom is 0.141 e. The van der Waals surface area contributed by atoms with Crippen LogP contribution < -0.4 is 5.73 Å². The molecule has 1 heterocycles. The van der Waals surface area contributed by atoms with E-state index >= 15 is 0 Å². The van der Waals surface area contributed by atoms with Gasteiger partial charge < -0.3 is 10.3 Å². The van der Waals surface area contributed by atoms with Crippen molar-refractivity contribution in [1.29, 1.82) is 0 Å². The smallest absolute Gasteiger partial charge is 0.141 e. The molecule has 0 aliphatic rings. The Balaban J connectivity index is 2.05. The van der Waals surface area contributed by atoms with Crippen molar-refractivity contribution in [2.24, 2.45) is 5.73 Å². The fourth-order valence-corrected chi connectivity index (χ4v) is 2.06. The van der Waals surface area contributed by atoms with Crippen LogP contribution in [0.2, 0.25) is 5.02 Å². The molecule has 0 saturated carbocycles. The second-order valence-electron chi connectivity index (χ2n) is 4.66. The maximum absolute atomic E-state index is 13.1. The van der Waals surface area contributed by atoms with Crippen LogP contribution in [-0.2, 0) is 13.0 Å². The average molecular weight is 282 g/mol. The fraction of sp³-hybridized carbons (Fsp3) is 0.357. The van der Waals surface area contributed by atoms with Crippen LogP contribution in [0.3, 0.4) is 0 Å². The van der Waals surface area contributed by atoms with Gasteiger partial charge in [0.15, 0.2) is 0 Å². The van der Waals surface area contributed by atoms with E-state index in [0.717, 1.165) is 24.1 Å². The molecule has 1 aromatic carbocycles. The van der Waals surface area contributed by atoms with Crippen LogP contribution >= 0.6 is 11.6 Å². The van der Waals surface area contributed by atoms with Crippen molar-refractivity contribution in [1.82, 2.24) is 9.55 Å². The number of rotatable bonds is 5. The summed E-state index contributed by atoms with van der Waals surface area (Å²) in [6, 6.07) is 4.87. The summed E-state index contributed by atoms with van der Waals surface area (Å²) in [4.78, 5) is 4.32. The predicted molar refractivity (Wildman–Crippen MR) is 74.7 cm³/mol. The highest BCUT2D eigenvalue weighted by atomic mass is 35.5. The first-order chi connectivity index (χ1) is 9.08. The van der Waals surface area contributed by atoms with Crippen molar-refractivity contribution in [3.63, 3.8) is 0 Å². The lowest BCUT2D eigenvalue weighted by Crippen LogP contribution is -2.21. The van der Waals surface area contributed by atoms with Gasteiger partial charge in [-0.15, -0.1) is 0 Å². The molecule has 2 rings (SSSR count). The second-order valence-corrected chi connectivity index (χ2v) is 5.07. The Morgan fingerprint density at radius 2 is 2.26 bits per heavy atom. The van der Waals surface area contributed by atoms with Crippen molar-refractivity contribution in [2.45, 2.75) is 32.4 Å². The molecule has 0 aliphatic carbocycles. The van der Waals surface area contributed by atoms with E-state index in [0.29, 0.717) is 6.54 Å². The molecular weight excluding hydrogens is 265 g/mol. The standard InChI is InChI=1S/C14H17ClFN3/c1-2-11(17)6-12-8-19(9-18-12)7-10-3-4-14(16)13(15)5-10/h3-5,8-9,11H,2,6-7,17H2,1H3. The van der Waals surface area contributed by atoms with Crippen LogP contribution in [0.1, 0.15) is 24.6 Å². The quantitative estimate of drug-likeness (QED) is 0.915. The van der Waals surface area contributed by atoms with E-state index in [1.54, 1.807) is 18.5 Å². The number of benzene rings is 1. The summed E-state index contributed by atoms with van der Waals surface area (Å²) in [6.45, 7) is 2.68. The molecule has 102 valence electrons. The summed E-state index contributed by atoms with van der Waals surface area (Å²) >= 11 is 5.76. The SMILES string of the molecule is CCC(N)Cc1cn(Cc2ccc(F)c(Cl)c2)cn1. The molecule has 0 saturated heterocycles. The predicted octanol–water partition coefficient (Wildman–Crippen LogP) is 3.00. The van der Waals surface area contributed by atoms with E-state index in [4.69, 9.17) is 17.3 Å². The molecular formula is C14H17ClFN3. The van der Waals surface area contributed by atoms with Crippen molar-refractivity contribution < 1.29 is 4.39 Å². The first kappa shape index (κ1) is 14.0. The van der Waals surface area contributed by atoms with Gasteiger partial charge in [-0.2, -0.15) is 0 Å². The number of hydrogen-bond acceptors (Lipinski definition) is 2. The van der Waals surface area contributed by atoms with Crippen LogP contribution in [0.4, 0.5) is 4.39 Å². The number of imidazole rings is 1. The van der Waals surface area contributed by atoms with E-state index in [9.17, 15) is 4.39 Å². The van der Waals surface area contributed by atoms with Gasteiger partial charge in [-0.05, 0) is 24.1 Å². The summed E-state index contributed by atoms with van der Waals surface area (Å²) in [5.74, 6) is -0.398. The molecule has 0 bridgehead atoms. The van der Waals surface area contributed by atoms with Crippen molar-refractivity contribution in [3.05, 3.63) is 52.8 Å². The molecule has 2 aromatic rings. The minimum Gasteiger partial charge on any atom is -0.333 e. The highest BCUT2D eigenvalue weighted by Gasteiger charge is 2.06. The monoisotopic (exact) mass is 281 g/mol. The van der Waals surface area contributed by atoms with E-state index in [-0.39, 0.29) is 11.1 Å². The molecule has 5 heteroatoms. The minimum atomic E-state index is -0.398. The van der Waals surface area contributed by atoms with Crippen LogP contribution in [0.5, 0.6) is 0 Å². The summed E-state index contributed by atoms with van der Waals surface area (Å²) < 4.78 is 15.0. The third kappa shape index (κ3) is 3.78. The molecule has 0 radical (unpaired) electrons. The Morgan fingerprint density at radius 1 is 1.47 bits per heavy atom. The normalized spacial score (nSPS) is 12.6. The average Bonchev–Trinajstić information content (AvgIpc) is 2.81. The van der Waals surface area contributed by atoms with Crippen molar-refractivity contribution in [2.75, 3.05) is 0 Å². The zero-order chi connectivity index (χ0) is 13.8. The fourth-order valence-electron chi connectivity index (χ4n) is 1.86. The zero-order valence-electron chi connectivity index (χ0n) is 10.8. The Bertz CT molecular complexity index is 553. The van der Waals surface area contributed by atoms with Gasteiger partial charge in [0.05, 0.1) is 17.0 Å². The number of halogens is 2. The third-order valence-electron chi connectivity index (χ3n) is 3.03. The van der Waals surface area contributed by atoms with E-state index in [1.807, 2.05) is 10.8 Å².